The summed E-state index contributed by atoms with van der Waals surface area (Å²) >= 11 is 0. The second-order valence-corrected chi connectivity index (χ2v) is 9.59. The van der Waals surface area contributed by atoms with E-state index in [-0.39, 0.29) is 12.0 Å². The molecule has 0 bridgehead atoms. The summed E-state index contributed by atoms with van der Waals surface area (Å²) in [6, 6.07) is 5.23. The van der Waals surface area contributed by atoms with Crippen LogP contribution >= 0.6 is 0 Å². The van der Waals surface area contributed by atoms with E-state index in [9.17, 15) is 13.2 Å². The van der Waals surface area contributed by atoms with Gasteiger partial charge in [0.2, 0.25) is 21.8 Å². The fourth-order valence-electron chi connectivity index (χ4n) is 4.43. The topological polar surface area (TPSA) is 92.7 Å². The predicted octanol–water partition coefficient (Wildman–Crippen LogP) is 1.54. The van der Waals surface area contributed by atoms with Gasteiger partial charge < -0.3 is 9.64 Å². The molecule has 29 heavy (non-hydrogen) atoms. The van der Waals surface area contributed by atoms with Crippen LogP contribution in [-0.4, -0.2) is 54.3 Å². The van der Waals surface area contributed by atoms with E-state index in [1.165, 1.54) is 6.33 Å². The molecule has 0 aliphatic carbocycles. The molecule has 3 aliphatic heterocycles. The number of hydrogen-bond donors (Lipinski definition) is 0. The largest absolute Gasteiger partial charge is 0.474 e. The van der Waals surface area contributed by atoms with E-state index in [0.717, 1.165) is 16.8 Å². The van der Waals surface area contributed by atoms with Gasteiger partial charge in [0.15, 0.2) is 0 Å². The van der Waals surface area contributed by atoms with Gasteiger partial charge >= 0.3 is 0 Å². The molecular formula is C20H22N4O4S. The minimum Gasteiger partial charge on any atom is -0.474 e. The van der Waals surface area contributed by atoms with Crippen LogP contribution in [0.2, 0.25) is 0 Å². The fraction of sp³-hybridized carbons (Fsp3) is 0.450. The molecule has 1 fully saturated rings. The standard InChI is InChI=1S/C20H22N4O4S/c25-19-2-1-14-11-17(12-15-4-10-24(19)20(14)15)29(26,27)23-8-5-16(6-9-23)28-18-3-7-21-13-22-18/h3,7,11-13,16H,1-2,4-6,8-10H2. The van der Waals surface area contributed by atoms with Crippen molar-refractivity contribution in [2.45, 2.75) is 43.1 Å². The van der Waals surface area contributed by atoms with Gasteiger partial charge in [0, 0.05) is 38.3 Å². The van der Waals surface area contributed by atoms with Gasteiger partial charge in [-0.3, -0.25) is 4.79 Å². The second kappa shape index (κ2) is 7.07. The number of hydrogen-bond acceptors (Lipinski definition) is 6. The van der Waals surface area contributed by atoms with E-state index < -0.39 is 10.0 Å². The highest BCUT2D eigenvalue weighted by Gasteiger charge is 2.35. The third-order valence-corrected chi connectivity index (χ3v) is 7.78. The van der Waals surface area contributed by atoms with Gasteiger partial charge in [-0.05, 0) is 48.9 Å². The summed E-state index contributed by atoms with van der Waals surface area (Å²) in [6.07, 6.45) is 5.99. The van der Waals surface area contributed by atoms with E-state index in [1.54, 1.807) is 33.6 Å². The maximum absolute atomic E-state index is 13.3. The highest BCUT2D eigenvalue weighted by atomic mass is 32.2. The van der Waals surface area contributed by atoms with E-state index >= 15 is 0 Å². The van der Waals surface area contributed by atoms with Crippen LogP contribution in [0.4, 0.5) is 5.69 Å². The van der Waals surface area contributed by atoms with Gasteiger partial charge in [-0.25, -0.2) is 18.4 Å². The normalized spacial score (nSPS) is 20.0. The number of aromatic nitrogens is 2. The lowest BCUT2D eigenvalue weighted by molar-refractivity contribution is -0.118. The first-order valence-electron chi connectivity index (χ1n) is 9.91. The van der Waals surface area contributed by atoms with Crippen LogP contribution < -0.4 is 9.64 Å². The molecule has 1 saturated heterocycles. The Hall–Kier alpha value is -2.52. The molecular weight excluding hydrogens is 392 g/mol. The van der Waals surface area contributed by atoms with Crippen molar-refractivity contribution >= 4 is 21.6 Å². The molecule has 0 unspecified atom stereocenters. The van der Waals surface area contributed by atoms with Crippen molar-refractivity contribution < 1.29 is 17.9 Å². The third kappa shape index (κ3) is 3.28. The van der Waals surface area contributed by atoms with Crippen molar-refractivity contribution in [1.29, 1.82) is 0 Å². The number of anilines is 1. The lowest BCUT2D eigenvalue weighted by Gasteiger charge is -2.31. The Kier molecular flexibility index (Phi) is 4.51. The van der Waals surface area contributed by atoms with Crippen molar-refractivity contribution in [2.24, 2.45) is 0 Å². The summed E-state index contributed by atoms with van der Waals surface area (Å²) in [5.74, 6) is 0.649. The molecule has 1 aromatic heterocycles. The number of carbonyl (C=O) groups is 1. The number of piperidine rings is 1. The average Bonchev–Trinajstić information content (AvgIpc) is 3.17. The molecule has 4 heterocycles. The fourth-order valence-corrected chi connectivity index (χ4v) is 6.01. The highest BCUT2D eigenvalue weighted by molar-refractivity contribution is 7.89. The van der Waals surface area contributed by atoms with E-state index in [0.29, 0.717) is 62.5 Å². The van der Waals surface area contributed by atoms with Gasteiger partial charge in [0.1, 0.15) is 12.4 Å². The summed E-state index contributed by atoms with van der Waals surface area (Å²) in [5, 5.41) is 0. The van der Waals surface area contributed by atoms with Gasteiger partial charge in [0.25, 0.3) is 0 Å². The first-order chi connectivity index (χ1) is 14.0. The summed E-state index contributed by atoms with van der Waals surface area (Å²) < 4.78 is 33.9. The number of amides is 1. The van der Waals surface area contributed by atoms with Gasteiger partial charge in [-0.1, -0.05) is 0 Å². The van der Waals surface area contributed by atoms with Crippen molar-refractivity contribution in [3.8, 4) is 5.88 Å². The zero-order chi connectivity index (χ0) is 20.0. The van der Waals surface area contributed by atoms with E-state index in [2.05, 4.69) is 9.97 Å². The lowest BCUT2D eigenvalue weighted by Crippen LogP contribution is -2.41. The predicted molar refractivity (Wildman–Crippen MR) is 105 cm³/mol. The Morgan fingerprint density at radius 2 is 1.79 bits per heavy atom. The lowest BCUT2D eigenvalue weighted by atomic mass is 10.00. The molecule has 9 heteroatoms. The van der Waals surface area contributed by atoms with E-state index in [4.69, 9.17) is 4.74 Å². The zero-order valence-electron chi connectivity index (χ0n) is 16.0. The summed E-state index contributed by atoms with van der Waals surface area (Å²) in [6.45, 7) is 1.47. The second-order valence-electron chi connectivity index (χ2n) is 7.65. The van der Waals surface area contributed by atoms with Crippen molar-refractivity contribution in [3.63, 3.8) is 0 Å². The molecule has 152 valence electrons. The molecule has 0 saturated carbocycles. The Labute approximate surface area is 169 Å². The van der Waals surface area contributed by atoms with Crippen LogP contribution in [0.5, 0.6) is 5.88 Å². The molecule has 1 amide bonds. The number of ether oxygens (including phenoxy) is 1. The zero-order valence-corrected chi connectivity index (χ0v) is 16.8. The molecule has 1 aromatic carbocycles. The maximum Gasteiger partial charge on any atom is 0.243 e. The average molecular weight is 414 g/mol. The van der Waals surface area contributed by atoms with Crippen LogP contribution in [0, 0.1) is 0 Å². The number of benzene rings is 1. The molecule has 0 radical (unpaired) electrons. The molecule has 2 aromatic rings. The Bertz CT molecular complexity index is 1050. The van der Waals surface area contributed by atoms with Crippen LogP contribution in [0.3, 0.4) is 0 Å². The number of nitrogens with zero attached hydrogens (tertiary/aromatic N) is 4. The molecule has 0 atom stereocenters. The van der Waals surface area contributed by atoms with Crippen molar-refractivity contribution in [1.82, 2.24) is 14.3 Å². The van der Waals surface area contributed by atoms with Crippen LogP contribution in [0.25, 0.3) is 0 Å². The SMILES string of the molecule is O=C1CCc2cc(S(=O)(=O)N3CCC(Oc4ccncn4)CC3)cc3c2N1CC3. The van der Waals surface area contributed by atoms with Crippen molar-refractivity contribution in [3.05, 3.63) is 41.9 Å². The Morgan fingerprint density at radius 3 is 2.52 bits per heavy atom. The smallest absolute Gasteiger partial charge is 0.243 e. The molecule has 3 aliphatic rings. The number of rotatable bonds is 4. The molecule has 8 nitrogen and oxygen atoms in total. The van der Waals surface area contributed by atoms with Gasteiger partial charge in [0.05, 0.1) is 10.6 Å². The van der Waals surface area contributed by atoms with E-state index in [1.807, 2.05) is 0 Å². The number of aryl methyl sites for hydroxylation is 1. The summed E-state index contributed by atoms with van der Waals surface area (Å²) in [5.41, 5.74) is 2.88. The van der Waals surface area contributed by atoms with Crippen LogP contribution in [-0.2, 0) is 27.7 Å². The highest BCUT2D eigenvalue weighted by Crippen LogP contribution is 2.39. The Balaban J connectivity index is 1.33. The van der Waals surface area contributed by atoms with Crippen LogP contribution in [0.15, 0.2) is 35.6 Å². The molecule has 0 N–H and O–H groups in total. The van der Waals surface area contributed by atoms with Gasteiger partial charge in [-0.2, -0.15) is 4.31 Å². The van der Waals surface area contributed by atoms with Crippen LogP contribution in [0.1, 0.15) is 30.4 Å². The quantitative estimate of drug-likeness (QED) is 0.754. The summed E-state index contributed by atoms with van der Waals surface area (Å²) in [4.78, 5) is 22.2. The first kappa shape index (κ1) is 18.5. The monoisotopic (exact) mass is 414 g/mol. The summed E-state index contributed by atoms with van der Waals surface area (Å²) in [7, 11) is -3.57. The number of sulfonamides is 1. The Morgan fingerprint density at radius 1 is 1.03 bits per heavy atom. The first-order valence-corrected chi connectivity index (χ1v) is 11.4. The molecule has 5 rings (SSSR count). The number of carbonyl (C=O) groups excluding carboxylic acids is 1. The van der Waals surface area contributed by atoms with Crippen molar-refractivity contribution in [2.75, 3.05) is 24.5 Å². The minimum absolute atomic E-state index is 0.0582. The maximum atomic E-state index is 13.3. The molecule has 0 spiro atoms. The third-order valence-electron chi connectivity index (χ3n) is 5.91. The van der Waals surface area contributed by atoms with Gasteiger partial charge in [-0.15, -0.1) is 0 Å². The minimum atomic E-state index is -3.57.